The summed E-state index contributed by atoms with van der Waals surface area (Å²) in [6.07, 6.45) is 4.68. The van der Waals surface area contributed by atoms with Gasteiger partial charge in [-0.05, 0) is 19.9 Å². The highest BCUT2D eigenvalue weighted by molar-refractivity contribution is 6.23. The largest absolute Gasteiger partial charge is 0.383 e. The maximum atomic E-state index is 12.3. The minimum absolute atomic E-state index is 0.000572. The maximum absolute atomic E-state index is 12.3. The van der Waals surface area contributed by atoms with Crippen LogP contribution in [-0.4, -0.2) is 54.8 Å². The lowest BCUT2D eigenvalue weighted by molar-refractivity contribution is -0.130. The van der Waals surface area contributed by atoms with E-state index in [9.17, 15) is 14.4 Å². The van der Waals surface area contributed by atoms with E-state index < -0.39 is 11.9 Å². The highest BCUT2D eigenvalue weighted by Crippen LogP contribution is 2.22. The van der Waals surface area contributed by atoms with Gasteiger partial charge in [0.15, 0.2) is 0 Å². The molecule has 1 aliphatic heterocycles. The van der Waals surface area contributed by atoms with Gasteiger partial charge in [-0.1, -0.05) is 12.2 Å². The molecule has 1 heterocycles. The molecule has 2 rings (SSSR count). The fourth-order valence-corrected chi connectivity index (χ4v) is 2.21. The van der Waals surface area contributed by atoms with Crippen molar-refractivity contribution in [2.75, 3.05) is 20.3 Å². The lowest BCUT2D eigenvalue weighted by Crippen LogP contribution is -2.47. The molecular weight excluding hydrogens is 286 g/mol. The van der Waals surface area contributed by atoms with Gasteiger partial charge >= 0.3 is 6.03 Å². The third-order valence-electron chi connectivity index (χ3n) is 3.28. The molecular formula is C15H19N3O4. The summed E-state index contributed by atoms with van der Waals surface area (Å²) in [6, 6.07) is -0.621. The van der Waals surface area contributed by atoms with Crippen LogP contribution in [0.15, 0.2) is 28.8 Å². The molecule has 1 unspecified atom stereocenters. The summed E-state index contributed by atoms with van der Waals surface area (Å²) in [7, 11) is 1.50. The maximum Gasteiger partial charge on any atom is 0.350 e. The minimum atomic E-state index is -0.622. The Balaban J connectivity index is 2.21. The number of carbonyl (C=O) groups excluding carboxylic acids is 3. The van der Waals surface area contributed by atoms with Crippen molar-refractivity contribution in [3.63, 3.8) is 0 Å². The van der Waals surface area contributed by atoms with E-state index in [2.05, 4.69) is 10.3 Å². The predicted octanol–water partition coefficient (Wildman–Crippen LogP) is 0.673. The van der Waals surface area contributed by atoms with E-state index in [1.165, 1.54) is 13.2 Å². The van der Waals surface area contributed by atoms with E-state index in [1.54, 1.807) is 12.2 Å². The summed E-state index contributed by atoms with van der Waals surface area (Å²) in [5.41, 5.74) is 0.690. The average Bonchev–Trinajstić information content (AvgIpc) is 2.45. The Bertz CT molecular complexity index is 590. The minimum Gasteiger partial charge on any atom is -0.383 e. The molecule has 7 nitrogen and oxygen atoms in total. The summed E-state index contributed by atoms with van der Waals surface area (Å²) in [5.74, 6) is -1.22. The molecule has 1 atom stereocenters. The van der Waals surface area contributed by atoms with Crippen molar-refractivity contribution in [1.29, 1.82) is 0 Å². The summed E-state index contributed by atoms with van der Waals surface area (Å²) in [6.45, 7) is 4.13. The molecule has 1 aliphatic carbocycles. The number of allylic oxidation sites excluding steroid dienone is 1. The first-order chi connectivity index (χ1) is 10.4. The predicted molar refractivity (Wildman–Crippen MR) is 80.4 cm³/mol. The van der Waals surface area contributed by atoms with Crippen LogP contribution < -0.4 is 5.32 Å². The van der Waals surface area contributed by atoms with Gasteiger partial charge in [0.2, 0.25) is 5.91 Å². The van der Waals surface area contributed by atoms with Gasteiger partial charge in [-0.25, -0.2) is 4.79 Å². The SMILES string of the molecule is COCCN1C(=O)N=C2C=C(C(=O)NC(C)C)C=CC2C1=O. The molecule has 7 heteroatoms. The first-order valence-electron chi connectivity index (χ1n) is 7.07. The molecule has 22 heavy (non-hydrogen) atoms. The number of ether oxygens (including phenoxy) is 1. The van der Waals surface area contributed by atoms with Crippen molar-refractivity contribution in [1.82, 2.24) is 10.2 Å². The third-order valence-corrected chi connectivity index (χ3v) is 3.28. The fraction of sp³-hybridized carbons (Fsp3) is 0.467. The van der Waals surface area contributed by atoms with Crippen LogP contribution in [0.2, 0.25) is 0 Å². The third kappa shape index (κ3) is 3.30. The van der Waals surface area contributed by atoms with Gasteiger partial charge in [0.05, 0.1) is 24.8 Å². The van der Waals surface area contributed by atoms with Crippen LogP contribution in [0.3, 0.4) is 0 Å². The number of carbonyl (C=O) groups is 3. The molecule has 0 aromatic carbocycles. The molecule has 0 aromatic heterocycles. The zero-order chi connectivity index (χ0) is 16.3. The van der Waals surface area contributed by atoms with E-state index in [0.29, 0.717) is 11.3 Å². The van der Waals surface area contributed by atoms with Crippen molar-refractivity contribution in [2.24, 2.45) is 10.9 Å². The van der Waals surface area contributed by atoms with Crippen molar-refractivity contribution in [3.8, 4) is 0 Å². The summed E-state index contributed by atoms with van der Waals surface area (Å²) < 4.78 is 4.89. The molecule has 0 saturated carbocycles. The number of urea groups is 1. The zero-order valence-corrected chi connectivity index (χ0v) is 12.8. The van der Waals surface area contributed by atoms with Crippen LogP contribution in [0.4, 0.5) is 4.79 Å². The molecule has 1 N–H and O–H groups in total. The Labute approximate surface area is 128 Å². The highest BCUT2D eigenvalue weighted by atomic mass is 16.5. The van der Waals surface area contributed by atoms with Gasteiger partial charge in [0.1, 0.15) is 0 Å². The van der Waals surface area contributed by atoms with Crippen LogP contribution in [0.25, 0.3) is 0 Å². The van der Waals surface area contributed by atoms with Gasteiger partial charge < -0.3 is 10.1 Å². The number of rotatable bonds is 5. The second-order valence-corrected chi connectivity index (χ2v) is 5.37. The molecule has 0 radical (unpaired) electrons. The lowest BCUT2D eigenvalue weighted by Gasteiger charge is -2.28. The highest BCUT2D eigenvalue weighted by Gasteiger charge is 2.36. The number of nitrogens with zero attached hydrogens (tertiary/aromatic N) is 2. The number of nitrogens with one attached hydrogen (secondary N) is 1. The second-order valence-electron chi connectivity index (χ2n) is 5.37. The molecule has 0 bridgehead atoms. The first kappa shape index (κ1) is 16.1. The van der Waals surface area contributed by atoms with E-state index in [4.69, 9.17) is 4.74 Å². The smallest absolute Gasteiger partial charge is 0.350 e. The quantitative estimate of drug-likeness (QED) is 0.808. The van der Waals surface area contributed by atoms with Crippen LogP contribution in [-0.2, 0) is 14.3 Å². The zero-order valence-electron chi connectivity index (χ0n) is 12.8. The molecule has 0 aromatic rings. The average molecular weight is 305 g/mol. The normalized spacial score (nSPS) is 20.7. The van der Waals surface area contributed by atoms with Gasteiger partial charge in [-0.15, -0.1) is 0 Å². The fourth-order valence-electron chi connectivity index (χ4n) is 2.21. The Hall–Kier alpha value is -2.28. The first-order valence-corrected chi connectivity index (χ1v) is 7.07. The molecule has 118 valence electrons. The van der Waals surface area contributed by atoms with Crippen molar-refractivity contribution in [3.05, 3.63) is 23.8 Å². The van der Waals surface area contributed by atoms with Crippen molar-refractivity contribution < 1.29 is 19.1 Å². The van der Waals surface area contributed by atoms with E-state index >= 15 is 0 Å². The van der Waals surface area contributed by atoms with Gasteiger partial charge in [-0.2, -0.15) is 4.99 Å². The Morgan fingerprint density at radius 3 is 2.82 bits per heavy atom. The van der Waals surface area contributed by atoms with E-state index in [-0.39, 0.29) is 31.0 Å². The van der Waals surface area contributed by atoms with Crippen molar-refractivity contribution >= 4 is 23.6 Å². The molecule has 0 saturated heterocycles. The van der Waals surface area contributed by atoms with E-state index in [0.717, 1.165) is 4.90 Å². The van der Waals surface area contributed by atoms with Crippen molar-refractivity contribution in [2.45, 2.75) is 19.9 Å². The number of imide groups is 1. The molecule has 0 spiro atoms. The van der Waals surface area contributed by atoms with Gasteiger partial charge in [-0.3, -0.25) is 14.5 Å². The summed E-state index contributed by atoms with van der Waals surface area (Å²) in [4.78, 5) is 41.2. The number of hydrogen-bond donors (Lipinski definition) is 1. The monoisotopic (exact) mass is 305 g/mol. The number of aliphatic imine (C=N–C) groups is 1. The standard InChI is InChI=1S/C15H19N3O4/c1-9(2)16-13(19)10-4-5-11-12(8-10)17-15(21)18(14(11)20)6-7-22-3/h4-5,8-9,11H,6-7H2,1-3H3,(H,16,19). The number of amides is 4. The Kier molecular flexibility index (Phi) is 4.87. The van der Waals surface area contributed by atoms with Gasteiger partial charge in [0.25, 0.3) is 5.91 Å². The van der Waals surface area contributed by atoms with E-state index in [1.807, 2.05) is 13.8 Å². The lowest BCUT2D eigenvalue weighted by atomic mass is 9.91. The number of hydrogen-bond acceptors (Lipinski definition) is 4. The van der Waals surface area contributed by atoms with Crippen LogP contribution in [0, 0.1) is 5.92 Å². The van der Waals surface area contributed by atoms with Gasteiger partial charge in [0, 0.05) is 18.7 Å². The van der Waals surface area contributed by atoms with Crippen LogP contribution in [0.5, 0.6) is 0 Å². The molecule has 2 aliphatic rings. The molecule has 0 fully saturated rings. The Morgan fingerprint density at radius 1 is 1.45 bits per heavy atom. The Morgan fingerprint density at radius 2 is 2.18 bits per heavy atom. The molecule has 4 amide bonds. The number of fused-ring (bicyclic) bond motifs is 1. The van der Waals surface area contributed by atoms with Crippen LogP contribution >= 0.6 is 0 Å². The summed E-state index contributed by atoms with van der Waals surface area (Å²) >= 11 is 0. The summed E-state index contributed by atoms with van der Waals surface area (Å²) in [5, 5.41) is 2.76. The second kappa shape index (κ2) is 6.65. The topological polar surface area (TPSA) is 88.1 Å². The number of methoxy groups -OCH3 is 1. The van der Waals surface area contributed by atoms with Crippen LogP contribution in [0.1, 0.15) is 13.8 Å².